The number of nitrogens with zero attached hydrogens (tertiary/aromatic N) is 4. The van der Waals surface area contributed by atoms with E-state index in [9.17, 15) is 0 Å². The molecule has 2 aliphatic rings. The third-order valence-corrected chi connectivity index (χ3v) is 5.70. The van der Waals surface area contributed by atoms with Gasteiger partial charge in [0, 0.05) is 43.4 Å². The van der Waals surface area contributed by atoms with Crippen LogP contribution in [0.25, 0.3) is 0 Å². The molecule has 1 N–H and O–H groups in total. The van der Waals surface area contributed by atoms with Gasteiger partial charge in [0.2, 0.25) is 0 Å². The first kappa shape index (κ1) is 17.6. The van der Waals surface area contributed by atoms with E-state index in [-0.39, 0.29) is 12.1 Å². The van der Waals surface area contributed by atoms with Crippen LogP contribution in [-0.2, 0) is 6.42 Å². The number of dihydropyridines is 1. The van der Waals surface area contributed by atoms with Gasteiger partial charge in [-0.25, -0.2) is 4.98 Å². The van der Waals surface area contributed by atoms with Crippen LogP contribution in [0.2, 0.25) is 0 Å². The number of anilines is 1. The molecule has 0 aliphatic carbocycles. The van der Waals surface area contributed by atoms with Crippen molar-refractivity contribution in [2.24, 2.45) is 0 Å². The Morgan fingerprint density at radius 3 is 2.48 bits per heavy atom. The summed E-state index contributed by atoms with van der Waals surface area (Å²) in [7, 11) is 0. The Morgan fingerprint density at radius 1 is 1.00 bits per heavy atom. The van der Waals surface area contributed by atoms with Gasteiger partial charge in [0.15, 0.2) is 0 Å². The summed E-state index contributed by atoms with van der Waals surface area (Å²) >= 11 is 0. The van der Waals surface area contributed by atoms with Gasteiger partial charge >= 0.3 is 0 Å². The number of hydrogen-bond donors (Lipinski definition) is 1. The SMILES string of the molecule is C1=CNC2C(=C1)CCN2c1ncccc1CC(c1cccnc1)c1cccnc1. The Hall–Kier alpha value is -3.47. The van der Waals surface area contributed by atoms with Crippen molar-refractivity contribution in [3.63, 3.8) is 0 Å². The van der Waals surface area contributed by atoms with Crippen LogP contribution in [0, 0.1) is 0 Å². The van der Waals surface area contributed by atoms with Crippen LogP contribution in [0.3, 0.4) is 0 Å². The molecule has 2 aliphatic heterocycles. The van der Waals surface area contributed by atoms with E-state index >= 15 is 0 Å². The molecule has 1 saturated heterocycles. The highest BCUT2D eigenvalue weighted by atomic mass is 15.3. The first-order chi connectivity index (χ1) is 14.4. The minimum Gasteiger partial charge on any atom is -0.368 e. The molecule has 1 fully saturated rings. The maximum atomic E-state index is 4.80. The molecule has 5 heterocycles. The lowest BCUT2D eigenvalue weighted by Crippen LogP contribution is -2.41. The molecular weight excluding hydrogens is 358 g/mol. The van der Waals surface area contributed by atoms with Gasteiger partial charge in [-0.05, 0) is 65.6 Å². The van der Waals surface area contributed by atoms with E-state index in [1.165, 1.54) is 22.3 Å². The topological polar surface area (TPSA) is 53.9 Å². The zero-order chi connectivity index (χ0) is 19.5. The highest BCUT2D eigenvalue weighted by molar-refractivity contribution is 5.54. The largest absolute Gasteiger partial charge is 0.368 e. The lowest BCUT2D eigenvalue weighted by molar-refractivity contribution is 0.662. The van der Waals surface area contributed by atoms with Gasteiger partial charge in [-0.15, -0.1) is 0 Å². The van der Waals surface area contributed by atoms with Crippen LogP contribution < -0.4 is 10.2 Å². The first-order valence-electron chi connectivity index (χ1n) is 10.0. The third-order valence-electron chi connectivity index (χ3n) is 5.70. The molecule has 0 radical (unpaired) electrons. The third kappa shape index (κ3) is 3.51. The Kier molecular flexibility index (Phi) is 4.78. The molecule has 29 heavy (non-hydrogen) atoms. The molecule has 0 spiro atoms. The summed E-state index contributed by atoms with van der Waals surface area (Å²) in [6, 6.07) is 12.5. The Morgan fingerprint density at radius 2 is 1.76 bits per heavy atom. The van der Waals surface area contributed by atoms with E-state index in [4.69, 9.17) is 4.98 Å². The van der Waals surface area contributed by atoms with Crippen molar-refractivity contribution in [2.75, 3.05) is 11.4 Å². The zero-order valence-electron chi connectivity index (χ0n) is 16.1. The van der Waals surface area contributed by atoms with Crippen molar-refractivity contribution < 1.29 is 0 Å². The van der Waals surface area contributed by atoms with Gasteiger partial charge in [-0.1, -0.05) is 24.3 Å². The molecular formula is C24H23N5. The average Bonchev–Trinajstić information content (AvgIpc) is 3.23. The molecule has 144 valence electrons. The van der Waals surface area contributed by atoms with Crippen LogP contribution in [0.5, 0.6) is 0 Å². The van der Waals surface area contributed by atoms with E-state index in [1.54, 1.807) is 0 Å². The van der Waals surface area contributed by atoms with Crippen LogP contribution in [0.4, 0.5) is 5.82 Å². The Balaban J connectivity index is 1.51. The molecule has 5 nitrogen and oxygen atoms in total. The van der Waals surface area contributed by atoms with Crippen LogP contribution in [0.15, 0.2) is 91.3 Å². The second-order valence-electron chi connectivity index (χ2n) is 7.43. The second-order valence-corrected chi connectivity index (χ2v) is 7.43. The van der Waals surface area contributed by atoms with Gasteiger partial charge in [0.25, 0.3) is 0 Å². The molecule has 0 bridgehead atoms. The minimum atomic E-state index is 0.178. The number of aromatic nitrogens is 3. The van der Waals surface area contributed by atoms with Gasteiger partial charge < -0.3 is 10.2 Å². The Bertz CT molecular complexity index is 990. The van der Waals surface area contributed by atoms with E-state index in [2.05, 4.69) is 50.5 Å². The van der Waals surface area contributed by atoms with E-state index in [1.807, 2.05) is 55.4 Å². The second kappa shape index (κ2) is 7.87. The van der Waals surface area contributed by atoms with Gasteiger partial charge in [0.1, 0.15) is 12.0 Å². The first-order valence-corrected chi connectivity index (χ1v) is 10.0. The molecule has 1 unspecified atom stereocenters. The summed E-state index contributed by atoms with van der Waals surface area (Å²) in [5.41, 5.74) is 5.04. The quantitative estimate of drug-likeness (QED) is 0.728. The minimum absolute atomic E-state index is 0.178. The predicted molar refractivity (Wildman–Crippen MR) is 114 cm³/mol. The molecule has 1 atom stereocenters. The van der Waals surface area contributed by atoms with E-state index in [0.717, 1.165) is 25.2 Å². The number of nitrogens with one attached hydrogen (secondary N) is 1. The van der Waals surface area contributed by atoms with E-state index < -0.39 is 0 Å². The van der Waals surface area contributed by atoms with Crippen molar-refractivity contribution in [1.29, 1.82) is 0 Å². The van der Waals surface area contributed by atoms with Crippen molar-refractivity contribution in [3.05, 3.63) is 108 Å². The van der Waals surface area contributed by atoms with Gasteiger partial charge in [-0.3, -0.25) is 9.97 Å². The fraction of sp³-hybridized carbons (Fsp3) is 0.208. The van der Waals surface area contributed by atoms with E-state index in [0.29, 0.717) is 0 Å². The highest BCUT2D eigenvalue weighted by Crippen LogP contribution is 2.34. The summed E-state index contributed by atoms with van der Waals surface area (Å²) in [4.78, 5) is 15.9. The highest BCUT2D eigenvalue weighted by Gasteiger charge is 2.32. The monoisotopic (exact) mass is 381 g/mol. The lowest BCUT2D eigenvalue weighted by atomic mass is 9.87. The smallest absolute Gasteiger partial charge is 0.133 e. The summed E-state index contributed by atoms with van der Waals surface area (Å²) in [6.07, 6.45) is 17.9. The Labute approximate surface area is 170 Å². The average molecular weight is 381 g/mol. The molecule has 5 rings (SSSR count). The fourth-order valence-electron chi connectivity index (χ4n) is 4.29. The summed E-state index contributed by atoms with van der Waals surface area (Å²) in [5, 5.41) is 3.49. The van der Waals surface area contributed by atoms with Crippen molar-refractivity contribution in [3.8, 4) is 0 Å². The summed E-state index contributed by atoms with van der Waals surface area (Å²) in [5.74, 6) is 1.23. The van der Waals surface area contributed by atoms with Crippen molar-refractivity contribution in [2.45, 2.75) is 24.9 Å². The van der Waals surface area contributed by atoms with Crippen LogP contribution in [-0.4, -0.2) is 27.7 Å². The number of hydrogen-bond acceptors (Lipinski definition) is 5. The molecule has 3 aromatic heterocycles. The van der Waals surface area contributed by atoms with Crippen molar-refractivity contribution in [1.82, 2.24) is 20.3 Å². The zero-order valence-corrected chi connectivity index (χ0v) is 16.1. The van der Waals surface area contributed by atoms with Gasteiger partial charge in [0.05, 0.1) is 0 Å². The standard InChI is InChI=1S/C24H23N5/c1-7-20(16-25-10-1)22(21-8-2-11-26-17-21)15-19-6-4-13-28-24(19)29-14-9-18-5-3-12-27-23(18)29/h1-8,10-13,16-17,22-23,27H,9,14-15H2. The predicted octanol–water partition coefficient (Wildman–Crippen LogP) is 3.83. The molecule has 0 saturated carbocycles. The number of allylic oxidation sites excluding steroid dienone is 2. The summed E-state index contributed by atoms with van der Waals surface area (Å²) < 4.78 is 0. The van der Waals surface area contributed by atoms with Crippen LogP contribution in [0.1, 0.15) is 29.0 Å². The molecule has 5 heteroatoms. The fourth-order valence-corrected chi connectivity index (χ4v) is 4.29. The number of fused-ring (bicyclic) bond motifs is 1. The maximum absolute atomic E-state index is 4.80. The maximum Gasteiger partial charge on any atom is 0.133 e. The number of rotatable bonds is 5. The molecule has 3 aromatic rings. The van der Waals surface area contributed by atoms with Gasteiger partial charge in [-0.2, -0.15) is 0 Å². The number of pyridine rings is 3. The van der Waals surface area contributed by atoms with Crippen molar-refractivity contribution >= 4 is 5.82 Å². The normalized spacial score (nSPS) is 17.8. The van der Waals surface area contributed by atoms with Crippen LogP contribution >= 0.6 is 0 Å². The lowest BCUT2D eigenvalue weighted by Gasteiger charge is -2.30. The summed E-state index contributed by atoms with van der Waals surface area (Å²) in [6.45, 7) is 0.972. The molecule has 0 amide bonds. The molecule has 0 aromatic carbocycles.